The molecule has 0 bridgehead atoms. The number of nitrogens with zero attached hydrogens (tertiary/aromatic N) is 2. The maximum Gasteiger partial charge on any atom is 0.184 e. The number of hydrogen-bond donors (Lipinski definition) is 0. The summed E-state index contributed by atoms with van der Waals surface area (Å²) in [4.78, 5) is 11.9. The standard InChI is InChI=1S/C11H18N2O3/c1-4-16-7-5-6-9(14)11-10(15-3)8-12-13(11)2/h8H,4-7H2,1-3H3. The Labute approximate surface area is 95.3 Å². The number of carbonyl (C=O) groups is 1. The fourth-order valence-corrected chi connectivity index (χ4v) is 1.48. The number of aryl methyl sites for hydroxylation is 1. The maximum atomic E-state index is 11.9. The van der Waals surface area contributed by atoms with Crippen LogP contribution < -0.4 is 4.74 Å². The van der Waals surface area contributed by atoms with E-state index in [9.17, 15) is 4.79 Å². The number of methoxy groups -OCH3 is 1. The predicted molar refractivity (Wildman–Crippen MR) is 59.8 cm³/mol. The number of Topliss-reactive ketones (excluding diaryl/α,β-unsaturated/α-hetero) is 1. The SMILES string of the molecule is CCOCCCC(=O)c1c(OC)cnn1C. The van der Waals surface area contributed by atoms with Crippen LogP contribution in [0.5, 0.6) is 5.75 Å². The first-order chi connectivity index (χ1) is 7.70. The highest BCUT2D eigenvalue weighted by Crippen LogP contribution is 2.18. The zero-order chi connectivity index (χ0) is 12.0. The average Bonchev–Trinajstić information content (AvgIpc) is 2.65. The first-order valence-electron chi connectivity index (χ1n) is 5.37. The number of ether oxygens (including phenoxy) is 2. The van der Waals surface area contributed by atoms with Crippen LogP contribution in [0, 0.1) is 0 Å². The fraction of sp³-hybridized carbons (Fsp3) is 0.636. The van der Waals surface area contributed by atoms with Crippen LogP contribution in [0.1, 0.15) is 30.3 Å². The van der Waals surface area contributed by atoms with Gasteiger partial charge in [-0.25, -0.2) is 0 Å². The summed E-state index contributed by atoms with van der Waals surface area (Å²) in [6.07, 6.45) is 2.73. The Morgan fingerprint density at radius 3 is 2.94 bits per heavy atom. The van der Waals surface area contributed by atoms with E-state index >= 15 is 0 Å². The summed E-state index contributed by atoms with van der Waals surface area (Å²) in [6.45, 7) is 3.23. The molecule has 0 unspecified atom stereocenters. The molecule has 0 fully saturated rings. The van der Waals surface area contributed by atoms with Gasteiger partial charge in [-0.15, -0.1) is 0 Å². The van der Waals surface area contributed by atoms with Gasteiger partial charge in [0.25, 0.3) is 0 Å². The molecule has 1 heterocycles. The van der Waals surface area contributed by atoms with E-state index in [0.29, 0.717) is 31.1 Å². The lowest BCUT2D eigenvalue weighted by Crippen LogP contribution is -2.09. The Kier molecular flexibility index (Phi) is 4.98. The van der Waals surface area contributed by atoms with Gasteiger partial charge in [0.05, 0.1) is 13.3 Å². The van der Waals surface area contributed by atoms with Gasteiger partial charge >= 0.3 is 0 Å². The van der Waals surface area contributed by atoms with Crippen LogP contribution in [-0.4, -0.2) is 35.9 Å². The van der Waals surface area contributed by atoms with Gasteiger partial charge in [0.15, 0.2) is 11.5 Å². The number of ketones is 1. The highest BCUT2D eigenvalue weighted by Gasteiger charge is 2.16. The molecule has 0 aliphatic rings. The summed E-state index contributed by atoms with van der Waals surface area (Å²) in [5.74, 6) is 0.570. The molecule has 90 valence electrons. The molecule has 1 aromatic rings. The van der Waals surface area contributed by atoms with Crippen molar-refractivity contribution < 1.29 is 14.3 Å². The third-order valence-electron chi connectivity index (χ3n) is 2.29. The molecule has 0 aliphatic carbocycles. The van der Waals surface area contributed by atoms with E-state index < -0.39 is 0 Å². The van der Waals surface area contributed by atoms with Crippen LogP contribution in [0.3, 0.4) is 0 Å². The molecule has 0 spiro atoms. The molecule has 0 N–H and O–H groups in total. The third-order valence-corrected chi connectivity index (χ3v) is 2.29. The van der Waals surface area contributed by atoms with E-state index in [-0.39, 0.29) is 5.78 Å². The van der Waals surface area contributed by atoms with Gasteiger partial charge in [0, 0.05) is 26.7 Å². The Morgan fingerprint density at radius 2 is 2.31 bits per heavy atom. The van der Waals surface area contributed by atoms with Crippen molar-refractivity contribution in [1.29, 1.82) is 0 Å². The zero-order valence-electron chi connectivity index (χ0n) is 10.0. The van der Waals surface area contributed by atoms with E-state index in [1.165, 1.54) is 7.11 Å². The van der Waals surface area contributed by atoms with Crippen LogP contribution >= 0.6 is 0 Å². The van der Waals surface area contributed by atoms with E-state index in [1.807, 2.05) is 6.92 Å². The van der Waals surface area contributed by atoms with E-state index in [1.54, 1.807) is 17.9 Å². The van der Waals surface area contributed by atoms with E-state index in [0.717, 1.165) is 6.42 Å². The van der Waals surface area contributed by atoms with Crippen molar-refractivity contribution in [2.75, 3.05) is 20.3 Å². The van der Waals surface area contributed by atoms with Gasteiger partial charge in [-0.05, 0) is 13.3 Å². The minimum absolute atomic E-state index is 0.0385. The number of carbonyl (C=O) groups excluding carboxylic acids is 1. The van der Waals surface area contributed by atoms with Gasteiger partial charge in [0.1, 0.15) is 5.69 Å². The fourth-order valence-electron chi connectivity index (χ4n) is 1.48. The Bertz CT molecular complexity index is 347. The van der Waals surface area contributed by atoms with Gasteiger partial charge in [0.2, 0.25) is 0 Å². The summed E-state index contributed by atoms with van der Waals surface area (Å²) in [7, 11) is 3.27. The largest absolute Gasteiger partial charge is 0.493 e. The quantitative estimate of drug-likeness (QED) is 0.521. The summed E-state index contributed by atoms with van der Waals surface area (Å²) >= 11 is 0. The second-order valence-electron chi connectivity index (χ2n) is 3.41. The van der Waals surface area contributed by atoms with Gasteiger partial charge < -0.3 is 9.47 Å². The number of rotatable bonds is 7. The molecule has 0 aliphatic heterocycles. The van der Waals surface area contributed by atoms with Crippen molar-refractivity contribution in [1.82, 2.24) is 9.78 Å². The van der Waals surface area contributed by atoms with Crippen molar-refractivity contribution in [3.8, 4) is 5.75 Å². The molecule has 5 nitrogen and oxygen atoms in total. The van der Waals surface area contributed by atoms with Gasteiger partial charge in [-0.3, -0.25) is 9.48 Å². The highest BCUT2D eigenvalue weighted by atomic mass is 16.5. The smallest absolute Gasteiger partial charge is 0.184 e. The molecule has 1 rings (SSSR count). The average molecular weight is 226 g/mol. The molecule has 0 radical (unpaired) electrons. The third kappa shape index (κ3) is 3.06. The summed E-state index contributed by atoms with van der Waals surface area (Å²) in [5, 5.41) is 3.99. The Balaban J connectivity index is 2.55. The van der Waals surface area contributed by atoms with Gasteiger partial charge in [-0.1, -0.05) is 0 Å². The molecular weight excluding hydrogens is 208 g/mol. The summed E-state index contributed by atoms with van der Waals surface area (Å²) < 4.78 is 11.8. The Morgan fingerprint density at radius 1 is 1.56 bits per heavy atom. The van der Waals surface area contributed by atoms with Crippen molar-refractivity contribution in [2.24, 2.45) is 7.05 Å². The van der Waals surface area contributed by atoms with Crippen LogP contribution in [0.2, 0.25) is 0 Å². The molecule has 16 heavy (non-hydrogen) atoms. The lowest BCUT2D eigenvalue weighted by atomic mass is 10.1. The first-order valence-corrected chi connectivity index (χ1v) is 5.37. The molecule has 0 amide bonds. The monoisotopic (exact) mass is 226 g/mol. The van der Waals surface area contributed by atoms with E-state index in [4.69, 9.17) is 9.47 Å². The lowest BCUT2D eigenvalue weighted by Gasteiger charge is -2.04. The first kappa shape index (κ1) is 12.7. The van der Waals surface area contributed by atoms with Crippen molar-refractivity contribution in [3.05, 3.63) is 11.9 Å². The Hall–Kier alpha value is -1.36. The van der Waals surface area contributed by atoms with Crippen LogP contribution in [0.15, 0.2) is 6.20 Å². The topological polar surface area (TPSA) is 53.4 Å². The minimum Gasteiger partial charge on any atom is -0.493 e. The summed E-state index contributed by atoms with van der Waals surface area (Å²) in [6, 6.07) is 0. The molecule has 0 saturated heterocycles. The lowest BCUT2D eigenvalue weighted by molar-refractivity contribution is 0.0935. The second kappa shape index (κ2) is 6.27. The predicted octanol–water partition coefficient (Wildman–Crippen LogP) is 1.43. The normalized spacial score (nSPS) is 10.4. The maximum absolute atomic E-state index is 11.9. The number of aromatic nitrogens is 2. The zero-order valence-corrected chi connectivity index (χ0v) is 10.0. The minimum atomic E-state index is 0.0385. The molecule has 0 atom stereocenters. The van der Waals surface area contributed by atoms with Crippen LogP contribution in [-0.2, 0) is 11.8 Å². The molecule has 5 heteroatoms. The van der Waals surface area contributed by atoms with Crippen LogP contribution in [0.4, 0.5) is 0 Å². The van der Waals surface area contributed by atoms with Gasteiger partial charge in [-0.2, -0.15) is 5.10 Å². The molecular formula is C11H18N2O3. The molecule has 0 aromatic carbocycles. The second-order valence-corrected chi connectivity index (χ2v) is 3.41. The number of hydrogen-bond acceptors (Lipinski definition) is 4. The molecule has 0 saturated carbocycles. The van der Waals surface area contributed by atoms with E-state index in [2.05, 4.69) is 5.10 Å². The highest BCUT2D eigenvalue weighted by molar-refractivity contribution is 5.96. The summed E-state index contributed by atoms with van der Waals surface area (Å²) in [5.41, 5.74) is 0.527. The van der Waals surface area contributed by atoms with Crippen molar-refractivity contribution in [2.45, 2.75) is 19.8 Å². The van der Waals surface area contributed by atoms with Crippen molar-refractivity contribution in [3.63, 3.8) is 0 Å². The van der Waals surface area contributed by atoms with Crippen LogP contribution in [0.25, 0.3) is 0 Å². The molecule has 1 aromatic heterocycles. The van der Waals surface area contributed by atoms with Crippen molar-refractivity contribution >= 4 is 5.78 Å².